The van der Waals surface area contributed by atoms with E-state index in [4.69, 9.17) is 0 Å². The molecule has 3 rings (SSSR count). The Hall–Kier alpha value is -2.58. The van der Waals surface area contributed by atoms with Gasteiger partial charge in [-0.25, -0.2) is 13.2 Å². The summed E-state index contributed by atoms with van der Waals surface area (Å²) in [4.78, 5) is 14.4. The van der Waals surface area contributed by atoms with E-state index in [-0.39, 0.29) is 6.03 Å². The van der Waals surface area contributed by atoms with Crippen LogP contribution in [0.25, 0.3) is 0 Å². The van der Waals surface area contributed by atoms with Gasteiger partial charge in [0.2, 0.25) is 10.0 Å². The van der Waals surface area contributed by atoms with Crippen LogP contribution in [0.1, 0.15) is 24.8 Å². The number of amides is 2. The van der Waals surface area contributed by atoms with E-state index in [0.29, 0.717) is 37.6 Å². The van der Waals surface area contributed by atoms with E-state index in [2.05, 4.69) is 15.5 Å². The number of piperidine rings is 1. The summed E-state index contributed by atoms with van der Waals surface area (Å²) in [5.74, 6) is 0. The Morgan fingerprint density at radius 1 is 0.967 bits per heavy atom. The van der Waals surface area contributed by atoms with Gasteiger partial charge >= 0.3 is 6.03 Å². The maximum Gasteiger partial charge on any atom is 0.315 e. The number of likely N-dealkylation sites (N-methyl/N-ethyl adjacent to an activating group) is 1. The second-order valence-corrected chi connectivity index (χ2v) is 9.41. The maximum atomic E-state index is 12.7. The molecule has 0 bridgehead atoms. The number of nitrogens with one attached hydrogen (secondary N) is 2. The highest BCUT2D eigenvalue weighted by Crippen LogP contribution is 2.20. The molecule has 30 heavy (non-hydrogen) atoms. The standard InChI is InChI=1S/C22H30N4O3S/c1-25(20-8-4-2-5-9-20)17-14-23-22(27)24-18-19-10-12-21(13-11-19)30(28,29)26-15-6-3-7-16-26/h2,4-5,8-13H,3,6-7,14-18H2,1H3,(H2,23,24,27). The average molecular weight is 431 g/mol. The lowest BCUT2D eigenvalue weighted by Gasteiger charge is -2.25. The van der Waals surface area contributed by atoms with Crippen molar-refractivity contribution >= 4 is 21.7 Å². The Balaban J connectivity index is 1.42. The predicted octanol–water partition coefficient (Wildman–Crippen LogP) is 2.80. The molecule has 2 amide bonds. The minimum Gasteiger partial charge on any atom is -0.373 e. The first kappa shape index (κ1) is 22.1. The van der Waals surface area contributed by atoms with Crippen molar-refractivity contribution in [3.63, 3.8) is 0 Å². The first-order valence-corrected chi connectivity index (χ1v) is 11.8. The number of hydrogen-bond acceptors (Lipinski definition) is 4. The van der Waals surface area contributed by atoms with E-state index in [1.165, 1.54) is 0 Å². The zero-order valence-electron chi connectivity index (χ0n) is 17.4. The summed E-state index contributed by atoms with van der Waals surface area (Å²) in [7, 11) is -1.44. The summed E-state index contributed by atoms with van der Waals surface area (Å²) in [6.45, 7) is 2.73. The number of sulfonamides is 1. The summed E-state index contributed by atoms with van der Waals surface area (Å²) in [5.41, 5.74) is 1.95. The number of para-hydroxylation sites is 1. The third-order valence-corrected chi connectivity index (χ3v) is 7.17. The van der Waals surface area contributed by atoms with E-state index in [0.717, 1.165) is 30.5 Å². The van der Waals surface area contributed by atoms with Crippen molar-refractivity contribution in [3.8, 4) is 0 Å². The summed E-state index contributed by atoms with van der Waals surface area (Å²) in [5, 5.41) is 5.64. The molecule has 7 nitrogen and oxygen atoms in total. The molecule has 0 radical (unpaired) electrons. The van der Waals surface area contributed by atoms with E-state index in [1.807, 2.05) is 37.4 Å². The van der Waals surface area contributed by atoms with Gasteiger partial charge in [0.05, 0.1) is 4.90 Å². The third-order valence-electron chi connectivity index (χ3n) is 5.26. The fraction of sp³-hybridized carbons (Fsp3) is 0.409. The SMILES string of the molecule is CN(CCNC(=O)NCc1ccc(S(=O)(=O)N2CCCCC2)cc1)c1ccccc1. The van der Waals surface area contributed by atoms with Crippen LogP contribution in [-0.2, 0) is 16.6 Å². The van der Waals surface area contributed by atoms with Crippen LogP contribution in [0.4, 0.5) is 10.5 Å². The Labute approximate surface area is 179 Å². The number of hydrogen-bond donors (Lipinski definition) is 2. The molecular weight excluding hydrogens is 400 g/mol. The highest BCUT2D eigenvalue weighted by atomic mass is 32.2. The Bertz CT molecular complexity index is 911. The lowest BCUT2D eigenvalue weighted by molar-refractivity contribution is 0.240. The first-order valence-electron chi connectivity index (χ1n) is 10.3. The van der Waals surface area contributed by atoms with Gasteiger partial charge in [0, 0.05) is 45.5 Å². The molecule has 1 heterocycles. The molecular formula is C22H30N4O3S. The number of benzene rings is 2. The van der Waals surface area contributed by atoms with Crippen LogP contribution in [-0.4, -0.2) is 52.0 Å². The molecule has 162 valence electrons. The Morgan fingerprint density at radius 3 is 2.30 bits per heavy atom. The number of carbonyl (C=O) groups is 1. The van der Waals surface area contributed by atoms with Crippen molar-refractivity contribution in [1.82, 2.24) is 14.9 Å². The molecule has 2 aromatic rings. The molecule has 1 fully saturated rings. The van der Waals surface area contributed by atoms with Gasteiger partial charge in [-0.15, -0.1) is 0 Å². The topological polar surface area (TPSA) is 81.8 Å². The van der Waals surface area contributed by atoms with Crippen LogP contribution in [0, 0.1) is 0 Å². The first-order chi connectivity index (χ1) is 14.5. The molecule has 0 atom stereocenters. The number of carbonyl (C=O) groups excluding carboxylic acids is 1. The Kier molecular flexibility index (Phi) is 7.70. The zero-order valence-corrected chi connectivity index (χ0v) is 18.2. The molecule has 1 saturated heterocycles. The van der Waals surface area contributed by atoms with E-state index in [9.17, 15) is 13.2 Å². The molecule has 0 spiro atoms. The third kappa shape index (κ3) is 5.96. The van der Waals surface area contributed by atoms with Gasteiger partial charge in [0.25, 0.3) is 0 Å². The quantitative estimate of drug-likeness (QED) is 0.675. The van der Waals surface area contributed by atoms with Crippen molar-refractivity contribution in [2.24, 2.45) is 0 Å². The summed E-state index contributed by atoms with van der Waals surface area (Å²) >= 11 is 0. The largest absolute Gasteiger partial charge is 0.373 e. The van der Waals surface area contributed by atoms with Crippen molar-refractivity contribution in [2.75, 3.05) is 38.1 Å². The monoisotopic (exact) mass is 430 g/mol. The van der Waals surface area contributed by atoms with Gasteiger partial charge in [0.15, 0.2) is 0 Å². The fourth-order valence-electron chi connectivity index (χ4n) is 3.43. The molecule has 2 N–H and O–H groups in total. The summed E-state index contributed by atoms with van der Waals surface area (Å²) in [6.07, 6.45) is 2.91. The zero-order chi connectivity index (χ0) is 21.4. The molecule has 1 aliphatic heterocycles. The van der Waals surface area contributed by atoms with Crippen LogP contribution in [0.15, 0.2) is 59.5 Å². The molecule has 0 aromatic heterocycles. The highest BCUT2D eigenvalue weighted by molar-refractivity contribution is 7.89. The lowest BCUT2D eigenvalue weighted by Crippen LogP contribution is -2.39. The fourth-order valence-corrected chi connectivity index (χ4v) is 4.94. The second-order valence-electron chi connectivity index (χ2n) is 7.48. The number of anilines is 1. The van der Waals surface area contributed by atoms with E-state index in [1.54, 1.807) is 28.6 Å². The van der Waals surface area contributed by atoms with Crippen LogP contribution < -0.4 is 15.5 Å². The number of rotatable bonds is 8. The highest BCUT2D eigenvalue weighted by Gasteiger charge is 2.25. The van der Waals surface area contributed by atoms with Crippen molar-refractivity contribution in [2.45, 2.75) is 30.7 Å². The minimum absolute atomic E-state index is 0.249. The normalized spacial score (nSPS) is 14.8. The molecule has 2 aromatic carbocycles. The molecule has 0 unspecified atom stereocenters. The van der Waals surface area contributed by atoms with E-state index >= 15 is 0 Å². The van der Waals surface area contributed by atoms with Gasteiger partial charge in [0.1, 0.15) is 0 Å². The van der Waals surface area contributed by atoms with Crippen molar-refractivity contribution in [3.05, 3.63) is 60.2 Å². The van der Waals surface area contributed by atoms with Gasteiger partial charge in [-0.05, 0) is 42.7 Å². The van der Waals surface area contributed by atoms with Gasteiger partial charge < -0.3 is 15.5 Å². The number of urea groups is 1. The summed E-state index contributed by atoms with van der Waals surface area (Å²) in [6, 6.07) is 16.5. The Morgan fingerprint density at radius 2 is 1.63 bits per heavy atom. The smallest absolute Gasteiger partial charge is 0.315 e. The molecule has 0 aliphatic carbocycles. The predicted molar refractivity (Wildman–Crippen MR) is 119 cm³/mol. The van der Waals surface area contributed by atoms with Gasteiger partial charge in [-0.1, -0.05) is 36.8 Å². The second kappa shape index (κ2) is 10.4. The number of nitrogens with zero attached hydrogens (tertiary/aromatic N) is 2. The van der Waals surface area contributed by atoms with Crippen LogP contribution in [0.5, 0.6) is 0 Å². The van der Waals surface area contributed by atoms with Gasteiger partial charge in [-0.2, -0.15) is 4.31 Å². The molecule has 8 heteroatoms. The van der Waals surface area contributed by atoms with Crippen LogP contribution in [0.2, 0.25) is 0 Å². The van der Waals surface area contributed by atoms with Crippen molar-refractivity contribution < 1.29 is 13.2 Å². The lowest BCUT2D eigenvalue weighted by atomic mass is 10.2. The maximum absolute atomic E-state index is 12.7. The average Bonchev–Trinajstić information content (AvgIpc) is 2.79. The van der Waals surface area contributed by atoms with Gasteiger partial charge in [-0.3, -0.25) is 0 Å². The van der Waals surface area contributed by atoms with Crippen LogP contribution in [0.3, 0.4) is 0 Å². The van der Waals surface area contributed by atoms with E-state index < -0.39 is 10.0 Å². The van der Waals surface area contributed by atoms with Crippen LogP contribution >= 0.6 is 0 Å². The van der Waals surface area contributed by atoms with Crippen molar-refractivity contribution in [1.29, 1.82) is 0 Å². The minimum atomic E-state index is -3.42. The summed E-state index contributed by atoms with van der Waals surface area (Å²) < 4.78 is 26.9. The molecule has 1 aliphatic rings. The molecule has 0 saturated carbocycles.